The molecule has 3 nitrogen and oxygen atoms in total. The fraction of sp³-hybridized carbons (Fsp3) is 0.571. The van der Waals surface area contributed by atoms with E-state index in [1.54, 1.807) is 12.4 Å². The number of aryl methyl sites for hydroxylation is 1. The molecule has 1 N–H and O–H groups in total. The lowest BCUT2D eigenvalue weighted by Crippen LogP contribution is -2.34. The molecule has 0 bridgehead atoms. The van der Waals surface area contributed by atoms with Crippen molar-refractivity contribution < 1.29 is 4.79 Å². The van der Waals surface area contributed by atoms with Gasteiger partial charge in [0.15, 0.2) is 5.78 Å². The van der Waals surface area contributed by atoms with E-state index < -0.39 is 0 Å². The third-order valence-electron chi connectivity index (χ3n) is 3.47. The van der Waals surface area contributed by atoms with Crippen molar-refractivity contribution in [1.82, 2.24) is 10.3 Å². The number of hydrogen-bond donors (Lipinski definition) is 1. The van der Waals surface area contributed by atoms with Crippen LogP contribution in [0.1, 0.15) is 48.0 Å². The van der Waals surface area contributed by atoms with E-state index in [-0.39, 0.29) is 5.78 Å². The van der Waals surface area contributed by atoms with Crippen LogP contribution in [0.25, 0.3) is 0 Å². The molecule has 1 aromatic rings. The third kappa shape index (κ3) is 3.37. The molecule has 2 heterocycles. The largest absolute Gasteiger partial charge is 0.314 e. The van der Waals surface area contributed by atoms with Crippen LogP contribution in [0.5, 0.6) is 0 Å². The average Bonchev–Trinajstić information content (AvgIpc) is 2.38. The Balaban J connectivity index is 1.87. The van der Waals surface area contributed by atoms with Crippen molar-refractivity contribution in [3.05, 3.63) is 29.6 Å². The summed E-state index contributed by atoms with van der Waals surface area (Å²) < 4.78 is 0. The Morgan fingerprint density at radius 2 is 2.41 bits per heavy atom. The van der Waals surface area contributed by atoms with Crippen LogP contribution >= 0.6 is 0 Å². The smallest absolute Gasteiger partial charge is 0.164 e. The highest BCUT2D eigenvalue weighted by atomic mass is 16.1. The van der Waals surface area contributed by atoms with Crippen molar-refractivity contribution >= 4 is 5.78 Å². The molecule has 1 saturated heterocycles. The zero-order chi connectivity index (χ0) is 12.1. The number of carbonyl (C=O) groups is 1. The highest BCUT2D eigenvalue weighted by Gasteiger charge is 2.15. The number of nitrogens with one attached hydrogen (secondary N) is 1. The number of piperidine rings is 1. The van der Waals surface area contributed by atoms with E-state index in [0.717, 1.165) is 24.1 Å². The Bertz CT molecular complexity index is 384. The number of nitrogens with zero attached hydrogens (tertiary/aromatic N) is 1. The summed E-state index contributed by atoms with van der Waals surface area (Å²) >= 11 is 0. The molecular formula is C14H20N2O. The van der Waals surface area contributed by atoms with E-state index in [1.165, 1.54) is 19.3 Å². The van der Waals surface area contributed by atoms with Crippen LogP contribution in [0, 0.1) is 6.92 Å². The topological polar surface area (TPSA) is 42.0 Å². The van der Waals surface area contributed by atoms with Gasteiger partial charge in [0, 0.05) is 30.4 Å². The molecule has 1 fully saturated rings. The van der Waals surface area contributed by atoms with Crippen LogP contribution in [-0.4, -0.2) is 23.4 Å². The fourth-order valence-electron chi connectivity index (χ4n) is 2.37. The number of rotatable bonds is 4. The summed E-state index contributed by atoms with van der Waals surface area (Å²) in [6.45, 7) is 3.07. The van der Waals surface area contributed by atoms with Gasteiger partial charge in [-0.15, -0.1) is 0 Å². The molecule has 3 heteroatoms. The molecule has 0 aliphatic carbocycles. The van der Waals surface area contributed by atoms with Gasteiger partial charge in [0.1, 0.15) is 0 Å². The maximum absolute atomic E-state index is 12.0. The van der Waals surface area contributed by atoms with E-state index in [1.807, 2.05) is 13.0 Å². The number of Topliss-reactive ketones (excluding diaryl/α,β-unsaturated/α-hetero) is 1. The minimum absolute atomic E-state index is 0.225. The number of carbonyl (C=O) groups excluding carboxylic acids is 1. The van der Waals surface area contributed by atoms with Crippen LogP contribution in [0.15, 0.2) is 18.5 Å². The Kier molecular flexibility index (Phi) is 4.26. The summed E-state index contributed by atoms with van der Waals surface area (Å²) in [5.41, 5.74) is 1.81. The summed E-state index contributed by atoms with van der Waals surface area (Å²) in [4.78, 5) is 16.1. The standard InChI is InChI=1S/C14H20N2O/c1-11-7-9-15-10-13(11)14(17)6-5-12-4-2-3-8-16-12/h7,9-10,12,16H,2-6,8H2,1H3. The molecule has 0 radical (unpaired) electrons. The van der Waals surface area contributed by atoms with Crippen LogP contribution in [0.3, 0.4) is 0 Å². The average molecular weight is 232 g/mol. The van der Waals surface area contributed by atoms with Gasteiger partial charge in [0.25, 0.3) is 0 Å². The molecule has 92 valence electrons. The van der Waals surface area contributed by atoms with Crippen LogP contribution in [-0.2, 0) is 0 Å². The van der Waals surface area contributed by atoms with Crippen molar-refractivity contribution in [3.63, 3.8) is 0 Å². The second-order valence-corrected chi connectivity index (χ2v) is 4.80. The zero-order valence-corrected chi connectivity index (χ0v) is 10.4. The van der Waals surface area contributed by atoms with Gasteiger partial charge in [-0.1, -0.05) is 6.42 Å². The second-order valence-electron chi connectivity index (χ2n) is 4.80. The summed E-state index contributed by atoms with van der Waals surface area (Å²) in [7, 11) is 0. The van der Waals surface area contributed by atoms with Gasteiger partial charge in [-0.05, 0) is 44.4 Å². The first kappa shape index (κ1) is 12.2. The number of pyridine rings is 1. The molecule has 0 aromatic carbocycles. The first-order chi connectivity index (χ1) is 8.27. The van der Waals surface area contributed by atoms with E-state index in [4.69, 9.17) is 0 Å². The summed E-state index contributed by atoms with van der Waals surface area (Å²) in [6.07, 6.45) is 8.77. The first-order valence-electron chi connectivity index (χ1n) is 6.44. The Morgan fingerprint density at radius 3 is 3.12 bits per heavy atom. The molecule has 1 aliphatic heterocycles. The minimum Gasteiger partial charge on any atom is -0.314 e. The van der Waals surface area contributed by atoms with Crippen molar-refractivity contribution in [2.75, 3.05) is 6.54 Å². The van der Waals surface area contributed by atoms with Crippen LogP contribution < -0.4 is 5.32 Å². The molecular weight excluding hydrogens is 212 g/mol. The SMILES string of the molecule is Cc1ccncc1C(=O)CCC1CCCCN1. The van der Waals surface area contributed by atoms with Gasteiger partial charge in [-0.25, -0.2) is 0 Å². The first-order valence-corrected chi connectivity index (χ1v) is 6.44. The summed E-state index contributed by atoms with van der Waals surface area (Å²) in [5, 5.41) is 3.47. The lowest BCUT2D eigenvalue weighted by Gasteiger charge is -2.23. The van der Waals surface area contributed by atoms with Gasteiger partial charge >= 0.3 is 0 Å². The van der Waals surface area contributed by atoms with Gasteiger partial charge < -0.3 is 5.32 Å². The molecule has 1 atom stereocenters. The molecule has 0 saturated carbocycles. The molecule has 2 rings (SSSR count). The van der Waals surface area contributed by atoms with Gasteiger partial charge in [-0.3, -0.25) is 9.78 Å². The maximum Gasteiger partial charge on any atom is 0.164 e. The normalized spacial score (nSPS) is 20.2. The van der Waals surface area contributed by atoms with Crippen LogP contribution in [0.2, 0.25) is 0 Å². The highest BCUT2D eigenvalue weighted by molar-refractivity contribution is 5.97. The highest BCUT2D eigenvalue weighted by Crippen LogP contribution is 2.15. The monoisotopic (exact) mass is 232 g/mol. The molecule has 1 aliphatic rings. The second kappa shape index (κ2) is 5.92. The Morgan fingerprint density at radius 1 is 1.53 bits per heavy atom. The molecule has 0 spiro atoms. The van der Waals surface area contributed by atoms with E-state index in [2.05, 4.69) is 10.3 Å². The molecule has 0 amide bonds. The van der Waals surface area contributed by atoms with Crippen molar-refractivity contribution in [2.24, 2.45) is 0 Å². The summed E-state index contributed by atoms with van der Waals surface area (Å²) in [5.74, 6) is 0.225. The van der Waals surface area contributed by atoms with Gasteiger partial charge in [0.2, 0.25) is 0 Å². The van der Waals surface area contributed by atoms with E-state index >= 15 is 0 Å². The van der Waals surface area contributed by atoms with Crippen molar-refractivity contribution in [2.45, 2.75) is 45.1 Å². The lowest BCUT2D eigenvalue weighted by atomic mass is 9.97. The Labute approximate surface area is 103 Å². The third-order valence-corrected chi connectivity index (χ3v) is 3.47. The molecule has 1 aromatic heterocycles. The van der Waals surface area contributed by atoms with Gasteiger partial charge in [-0.2, -0.15) is 0 Å². The number of aromatic nitrogens is 1. The number of hydrogen-bond acceptors (Lipinski definition) is 3. The fourth-order valence-corrected chi connectivity index (χ4v) is 2.37. The lowest BCUT2D eigenvalue weighted by molar-refractivity contribution is 0.0973. The predicted octanol–water partition coefficient (Wildman–Crippen LogP) is 2.50. The van der Waals surface area contributed by atoms with E-state index in [0.29, 0.717) is 12.5 Å². The molecule has 1 unspecified atom stereocenters. The van der Waals surface area contributed by atoms with Crippen LogP contribution in [0.4, 0.5) is 0 Å². The van der Waals surface area contributed by atoms with E-state index in [9.17, 15) is 4.79 Å². The van der Waals surface area contributed by atoms with Crippen molar-refractivity contribution in [1.29, 1.82) is 0 Å². The minimum atomic E-state index is 0.225. The van der Waals surface area contributed by atoms with Gasteiger partial charge in [0.05, 0.1) is 0 Å². The molecule has 17 heavy (non-hydrogen) atoms. The maximum atomic E-state index is 12.0. The zero-order valence-electron chi connectivity index (χ0n) is 10.4. The predicted molar refractivity (Wildman–Crippen MR) is 68.2 cm³/mol. The number of ketones is 1. The quantitative estimate of drug-likeness (QED) is 0.811. The summed E-state index contributed by atoms with van der Waals surface area (Å²) in [6, 6.07) is 2.43. The Hall–Kier alpha value is -1.22. The van der Waals surface area contributed by atoms with Crippen molar-refractivity contribution in [3.8, 4) is 0 Å².